The molecular formula is C76H122NO8+. The molecule has 85 heavy (non-hydrogen) atoms. The van der Waals surface area contributed by atoms with Gasteiger partial charge in [-0.3, -0.25) is 9.59 Å². The Labute approximate surface area is 520 Å². The van der Waals surface area contributed by atoms with Gasteiger partial charge >= 0.3 is 17.9 Å². The molecule has 0 saturated heterocycles. The number of carboxylic acids is 1. The van der Waals surface area contributed by atoms with Crippen molar-refractivity contribution in [1.82, 2.24) is 0 Å². The summed E-state index contributed by atoms with van der Waals surface area (Å²) in [5.74, 6) is -2.05. The molecule has 0 bridgehead atoms. The number of unbranched alkanes of at least 4 members (excludes halogenated alkanes) is 16. The Morgan fingerprint density at radius 2 is 0.635 bits per heavy atom. The maximum atomic E-state index is 12.9. The molecule has 0 aliphatic heterocycles. The van der Waals surface area contributed by atoms with E-state index in [1.165, 1.54) is 51.4 Å². The summed E-state index contributed by atoms with van der Waals surface area (Å²) in [6, 6.07) is 0. The molecule has 0 spiro atoms. The van der Waals surface area contributed by atoms with E-state index in [1.54, 1.807) is 0 Å². The van der Waals surface area contributed by atoms with Crippen LogP contribution in [0.1, 0.15) is 232 Å². The van der Waals surface area contributed by atoms with Crippen LogP contribution in [-0.2, 0) is 33.3 Å². The molecule has 0 aliphatic rings. The number of carbonyl (C=O) groups excluding carboxylic acids is 2. The SMILES string of the molecule is CC/C=C\C/C=C\C/C=C\C/C=C\C/C=C\C/C=C\C/C=C\C/C=C\C/C=C\CCCCCCCC(=O)OC(COC(=O)CCCCCCCCCCCCC/C=C\C/C=C\C/C=C\C/C=C\C/C=C\CC)COC(OCC[N+](C)(C)C)C(=O)O. The number of esters is 2. The van der Waals surface area contributed by atoms with Crippen LogP contribution in [0.25, 0.3) is 0 Å². The van der Waals surface area contributed by atoms with Gasteiger partial charge in [0.15, 0.2) is 6.10 Å². The number of carbonyl (C=O) groups is 3. The molecule has 0 aromatic rings. The van der Waals surface area contributed by atoms with E-state index in [9.17, 15) is 19.5 Å². The summed E-state index contributed by atoms with van der Waals surface area (Å²) in [4.78, 5) is 37.6. The van der Waals surface area contributed by atoms with Crippen LogP contribution < -0.4 is 0 Å². The molecule has 9 heteroatoms. The predicted octanol–water partition coefficient (Wildman–Crippen LogP) is 20.7. The first-order valence-electron chi connectivity index (χ1n) is 33.3. The molecule has 2 atom stereocenters. The van der Waals surface area contributed by atoms with Crippen LogP contribution in [-0.4, -0.2) is 87.4 Å². The van der Waals surface area contributed by atoms with Crippen molar-refractivity contribution in [2.24, 2.45) is 0 Å². The van der Waals surface area contributed by atoms with Gasteiger partial charge in [0.2, 0.25) is 0 Å². The van der Waals surface area contributed by atoms with Gasteiger partial charge in [-0.1, -0.05) is 261 Å². The van der Waals surface area contributed by atoms with Gasteiger partial charge in [-0.2, -0.15) is 0 Å². The smallest absolute Gasteiger partial charge is 0.361 e. The Balaban J connectivity index is 4.28. The Bertz CT molecular complexity index is 2000. The Kier molecular flexibility index (Phi) is 60.6. The van der Waals surface area contributed by atoms with Crippen LogP contribution in [0.4, 0.5) is 0 Å². The van der Waals surface area contributed by atoms with Gasteiger partial charge in [0, 0.05) is 12.8 Å². The molecule has 1 N–H and O–H groups in total. The maximum Gasteiger partial charge on any atom is 0.361 e. The molecule has 9 nitrogen and oxygen atoms in total. The molecule has 0 aromatic heterocycles. The minimum atomic E-state index is -1.53. The lowest BCUT2D eigenvalue weighted by molar-refractivity contribution is -0.870. The molecule has 2 unspecified atom stereocenters. The second kappa shape index (κ2) is 64.6. The second-order valence-electron chi connectivity index (χ2n) is 22.7. The molecule has 0 rings (SSSR count). The molecule has 0 radical (unpaired) electrons. The van der Waals surface area contributed by atoms with Gasteiger partial charge in [-0.25, -0.2) is 4.79 Å². The third-order valence-electron chi connectivity index (χ3n) is 13.5. The zero-order valence-corrected chi connectivity index (χ0v) is 54.4. The van der Waals surface area contributed by atoms with Crippen LogP contribution in [0.5, 0.6) is 0 Å². The number of nitrogens with zero attached hydrogens (tertiary/aromatic N) is 1. The summed E-state index contributed by atoms with van der Waals surface area (Å²) in [5.41, 5.74) is 0. The minimum absolute atomic E-state index is 0.173. The Morgan fingerprint density at radius 3 is 0.941 bits per heavy atom. The van der Waals surface area contributed by atoms with E-state index in [0.717, 1.165) is 148 Å². The topological polar surface area (TPSA) is 108 Å². The van der Waals surface area contributed by atoms with E-state index in [-0.39, 0.29) is 38.6 Å². The molecule has 0 fully saturated rings. The maximum absolute atomic E-state index is 12.9. The number of allylic oxidation sites excluding steroid dienone is 28. The highest BCUT2D eigenvalue weighted by Crippen LogP contribution is 2.15. The van der Waals surface area contributed by atoms with Crippen molar-refractivity contribution in [3.05, 3.63) is 170 Å². The van der Waals surface area contributed by atoms with Crippen molar-refractivity contribution in [2.75, 3.05) is 47.5 Å². The highest BCUT2D eigenvalue weighted by molar-refractivity contribution is 5.71. The van der Waals surface area contributed by atoms with E-state index >= 15 is 0 Å². The first kappa shape index (κ1) is 79.7. The average Bonchev–Trinajstić information content (AvgIpc) is 3.49. The van der Waals surface area contributed by atoms with Crippen LogP contribution in [0.3, 0.4) is 0 Å². The molecule has 0 saturated carbocycles. The largest absolute Gasteiger partial charge is 0.477 e. The van der Waals surface area contributed by atoms with E-state index in [2.05, 4.69) is 184 Å². The van der Waals surface area contributed by atoms with Gasteiger partial charge < -0.3 is 28.5 Å². The van der Waals surface area contributed by atoms with Gasteiger partial charge in [-0.15, -0.1) is 0 Å². The minimum Gasteiger partial charge on any atom is -0.477 e. The quantitative estimate of drug-likeness (QED) is 0.0211. The predicted molar refractivity (Wildman–Crippen MR) is 363 cm³/mol. The third kappa shape index (κ3) is 66.0. The lowest BCUT2D eigenvalue weighted by atomic mass is 10.0. The Hall–Kier alpha value is -5.35. The summed E-state index contributed by atoms with van der Waals surface area (Å²) in [7, 11) is 5.95. The molecule has 0 heterocycles. The van der Waals surface area contributed by atoms with Crippen LogP contribution in [0.15, 0.2) is 170 Å². The van der Waals surface area contributed by atoms with Crippen molar-refractivity contribution in [2.45, 2.75) is 245 Å². The third-order valence-corrected chi connectivity index (χ3v) is 13.5. The standard InChI is InChI=1S/C76H121NO8/c1-6-8-10-12-14-16-18-20-22-24-26-28-30-32-34-35-36-37-38-39-41-43-45-47-49-51-53-55-57-59-61-63-65-67-74(79)85-72(71-84-76(75(80)81)82-69-68-77(3,4)5)70-83-73(78)66-64-62-60-58-56-54-52-50-48-46-44-42-40-33-31-29-27-25-23-21-19-17-15-13-11-9-7-2/h8-11,14-17,20-23,26-29,32-34,36-37,39-41,45,47,51,53,72,76H,6-7,12-13,18-19,24-25,30-31,35,38,42-44,46,48-50,52,54-71H2,1-5H3/p+1/b10-8-,11-9-,16-14-,17-15-,22-20-,23-21-,28-26-,29-27-,34-32-,37-36-,40-33-,41-39-,47-45-,53-51-. The highest BCUT2D eigenvalue weighted by Gasteiger charge is 2.25. The van der Waals surface area contributed by atoms with Crippen molar-refractivity contribution < 1.29 is 42.9 Å². The summed E-state index contributed by atoms with van der Waals surface area (Å²) in [6.45, 7) is 4.60. The van der Waals surface area contributed by atoms with Crippen molar-refractivity contribution >= 4 is 17.9 Å². The number of rotatable bonds is 59. The zero-order valence-electron chi connectivity index (χ0n) is 54.4. The zero-order chi connectivity index (χ0) is 61.9. The Morgan fingerprint density at radius 1 is 0.353 bits per heavy atom. The summed E-state index contributed by atoms with van der Waals surface area (Å²) >= 11 is 0. The number of quaternary nitrogens is 1. The lowest BCUT2D eigenvalue weighted by Crippen LogP contribution is -2.40. The highest BCUT2D eigenvalue weighted by atomic mass is 16.7. The number of ether oxygens (including phenoxy) is 4. The normalized spacial score (nSPS) is 13.8. The molecule has 0 aromatic carbocycles. The van der Waals surface area contributed by atoms with Crippen LogP contribution in [0.2, 0.25) is 0 Å². The average molecular weight is 1180 g/mol. The molecule has 478 valence electrons. The first-order valence-corrected chi connectivity index (χ1v) is 33.3. The van der Waals surface area contributed by atoms with Gasteiger partial charge in [0.1, 0.15) is 13.2 Å². The fraction of sp³-hybridized carbons (Fsp3) is 0.592. The van der Waals surface area contributed by atoms with Crippen LogP contribution in [0, 0.1) is 0 Å². The number of carboxylic acid groups (broad SMARTS) is 1. The fourth-order valence-electron chi connectivity index (χ4n) is 8.44. The van der Waals surface area contributed by atoms with Crippen LogP contribution >= 0.6 is 0 Å². The fourth-order valence-corrected chi connectivity index (χ4v) is 8.44. The molecule has 0 aliphatic carbocycles. The molecular weight excluding hydrogens is 1050 g/mol. The monoisotopic (exact) mass is 1180 g/mol. The van der Waals surface area contributed by atoms with E-state index in [1.807, 2.05) is 21.1 Å². The number of likely N-dealkylation sites (N-methyl/N-ethyl adjacent to an activating group) is 1. The number of aliphatic carboxylic acids is 1. The first-order chi connectivity index (χ1) is 41.6. The summed E-state index contributed by atoms with van der Waals surface area (Å²) in [6.07, 6.45) is 94.4. The van der Waals surface area contributed by atoms with E-state index in [0.29, 0.717) is 17.4 Å². The van der Waals surface area contributed by atoms with Crippen molar-refractivity contribution in [3.8, 4) is 0 Å². The van der Waals surface area contributed by atoms with E-state index < -0.39 is 24.3 Å². The number of hydrogen-bond donors (Lipinski definition) is 1. The second-order valence-corrected chi connectivity index (χ2v) is 22.7. The van der Waals surface area contributed by atoms with Gasteiger partial charge in [-0.05, 0) is 128 Å². The lowest BCUT2D eigenvalue weighted by Gasteiger charge is -2.25. The molecule has 0 amide bonds. The number of hydrogen-bond acceptors (Lipinski definition) is 7. The van der Waals surface area contributed by atoms with Crippen molar-refractivity contribution in [1.29, 1.82) is 0 Å². The summed E-state index contributed by atoms with van der Waals surface area (Å²) < 4.78 is 22.9. The van der Waals surface area contributed by atoms with Crippen molar-refractivity contribution in [3.63, 3.8) is 0 Å². The van der Waals surface area contributed by atoms with E-state index in [4.69, 9.17) is 18.9 Å². The van der Waals surface area contributed by atoms with Gasteiger partial charge in [0.05, 0.1) is 34.4 Å². The summed E-state index contributed by atoms with van der Waals surface area (Å²) in [5, 5.41) is 9.74. The van der Waals surface area contributed by atoms with Gasteiger partial charge in [0.25, 0.3) is 6.29 Å².